The van der Waals surface area contributed by atoms with Crippen LogP contribution in [0.25, 0.3) is 6.08 Å². The average molecular weight is 406 g/mol. The van der Waals surface area contributed by atoms with E-state index in [9.17, 15) is 14.9 Å². The summed E-state index contributed by atoms with van der Waals surface area (Å²) in [6.07, 6.45) is 3.19. The van der Waals surface area contributed by atoms with Gasteiger partial charge in [0.05, 0.1) is 4.92 Å². The zero-order valence-electron chi connectivity index (χ0n) is 14.3. The fourth-order valence-corrected chi connectivity index (χ4v) is 3.34. The molecule has 0 saturated carbocycles. The molecule has 0 atom stereocenters. The monoisotopic (exact) mass is 405 g/mol. The Morgan fingerprint density at radius 3 is 2.30 bits per heavy atom. The first-order chi connectivity index (χ1) is 12.9. The number of hydrogen-bond donors (Lipinski definition) is 0. The Balaban J connectivity index is 1.57. The van der Waals surface area contributed by atoms with Gasteiger partial charge in [-0.3, -0.25) is 14.9 Å². The number of amides is 1. The maximum absolute atomic E-state index is 12.4. The van der Waals surface area contributed by atoms with Gasteiger partial charge in [-0.1, -0.05) is 29.3 Å². The number of carbonyl (C=O) groups is 1. The van der Waals surface area contributed by atoms with Crippen molar-refractivity contribution >= 4 is 46.6 Å². The van der Waals surface area contributed by atoms with Crippen LogP contribution in [-0.2, 0) is 4.79 Å². The van der Waals surface area contributed by atoms with Crippen molar-refractivity contribution in [2.75, 3.05) is 31.1 Å². The first-order valence-corrected chi connectivity index (χ1v) is 9.11. The third-order valence-electron chi connectivity index (χ3n) is 4.38. The van der Waals surface area contributed by atoms with Crippen molar-refractivity contribution in [1.29, 1.82) is 0 Å². The van der Waals surface area contributed by atoms with Gasteiger partial charge in [0.15, 0.2) is 0 Å². The maximum atomic E-state index is 12.4. The van der Waals surface area contributed by atoms with E-state index in [1.165, 1.54) is 18.2 Å². The summed E-state index contributed by atoms with van der Waals surface area (Å²) >= 11 is 12.0. The molecule has 0 unspecified atom stereocenters. The molecule has 2 aromatic rings. The molecule has 0 radical (unpaired) electrons. The number of hydrogen-bond acceptors (Lipinski definition) is 4. The van der Waals surface area contributed by atoms with E-state index in [-0.39, 0.29) is 11.6 Å². The highest BCUT2D eigenvalue weighted by Crippen LogP contribution is 2.23. The average Bonchev–Trinajstić information content (AvgIpc) is 2.67. The number of nitro benzene ring substituents is 1. The van der Waals surface area contributed by atoms with Crippen LogP contribution in [0.15, 0.2) is 48.5 Å². The van der Waals surface area contributed by atoms with Crippen molar-refractivity contribution in [3.05, 3.63) is 74.3 Å². The lowest BCUT2D eigenvalue weighted by Gasteiger charge is -2.35. The van der Waals surface area contributed by atoms with E-state index in [1.54, 1.807) is 41.3 Å². The van der Waals surface area contributed by atoms with Crippen molar-refractivity contribution < 1.29 is 9.72 Å². The molecule has 6 nitrogen and oxygen atoms in total. The van der Waals surface area contributed by atoms with Gasteiger partial charge in [-0.05, 0) is 35.9 Å². The molecule has 3 rings (SSSR count). The Morgan fingerprint density at radius 2 is 1.70 bits per heavy atom. The Hall–Kier alpha value is -2.57. The number of benzene rings is 2. The molecule has 140 valence electrons. The van der Waals surface area contributed by atoms with Crippen LogP contribution in [0.5, 0.6) is 0 Å². The van der Waals surface area contributed by atoms with Crippen LogP contribution in [0, 0.1) is 10.1 Å². The lowest BCUT2D eigenvalue weighted by molar-refractivity contribution is -0.384. The van der Waals surface area contributed by atoms with Gasteiger partial charge in [0.1, 0.15) is 0 Å². The van der Waals surface area contributed by atoms with Crippen molar-refractivity contribution in [3.63, 3.8) is 0 Å². The van der Waals surface area contributed by atoms with Gasteiger partial charge in [-0.25, -0.2) is 0 Å². The van der Waals surface area contributed by atoms with Crippen LogP contribution >= 0.6 is 23.2 Å². The Bertz CT molecular complexity index is 876. The number of non-ortho nitro benzene ring substituents is 1. The van der Waals surface area contributed by atoms with E-state index in [0.717, 1.165) is 11.3 Å². The minimum absolute atomic E-state index is 0.0681. The summed E-state index contributed by atoms with van der Waals surface area (Å²) in [5.74, 6) is -0.0793. The number of nitrogens with zero attached hydrogens (tertiary/aromatic N) is 3. The summed E-state index contributed by atoms with van der Waals surface area (Å²) in [5.41, 5.74) is 1.72. The number of piperazine rings is 1. The summed E-state index contributed by atoms with van der Waals surface area (Å²) in [5, 5.41) is 11.8. The molecule has 0 N–H and O–H groups in total. The van der Waals surface area contributed by atoms with E-state index in [1.807, 2.05) is 0 Å². The minimum Gasteiger partial charge on any atom is -0.368 e. The molecule has 2 aromatic carbocycles. The highest BCUT2D eigenvalue weighted by molar-refractivity contribution is 6.35. The predicted octanol–water partition coefficient (Wildman–Crippen LogP) is 4.26. The first kappa shape index (κ1) is 19.2. The van der Waals surface area contributed by atoms with E-state index in [0.29, 0.717) is 36.2 Å². The SMILES string of the molecule is O=C(/C=C\c1ccc(Cl)cc1Cl)N1CCN(c2ccc([N+](=O)[O-])cc2)CC1. The molecule has 0 aromatic heterocycles. The molecule has 0 aliphatic carbocycles. The highest BCUT2D eigenvalue weighted by atomic mass is 35.5. The number of rotatable bonds is 4. The van der Waals surface area contributed by atoms with E-state index >= 15 is 0 Å². The molecule has 1 saturated heterocycles. The molecule has 1 aliphatic heterocycles. The Morgan fingerprint density at radius 1 is 1.04 bits per heavy atom. The van der Waals surface area contributed by atoms with Gasteiger partial charge < -0.3 is 9.80 Å². The van der Waals surface area contributed by atoms with Crippen LogP contribution in [0.3, 0.4) is 0 Å². The molecule has 1 heterocycles. The third-order valence-corrected chi connectivity index (χ3v) is 4.95. The largest absolute Gasteiger partial charge is 0.368 e. The third kappa shape index (κ3) is 4.78. The second kappa shape index (κ2) is 8.41. The molecule has 1 aliphatic rings. The second-order valence-electron chi connectivity index (χ2n) is 6.09. The topological polar surface area (TPSA) is 66.7 Å². The molecule has 1 fully saturated rings. The quantitative estimate of drug-likeness (QED) is 0.432. The molecule has 27 heavy (non-hydrogen) atoms. The zero-order chi connectivity index (χ0) is 19.4. The van der Waals surface area contributed by atoms with Crippen molar-refractivity contribution in [1.82, 2.24) is 4.90 Å². The van der Waals surface area contributed by atoms with Crippen LogP contribution in [0.2, 0.25) is 10.0 Å². The van der Waals surface area contributed by atoms with Crippen molar-refractivity contribution in [2.24, 2.45) is 0 Å². The van der Waals surface area contributed by atoms with Crippen LogP contribution in [-0.4, -0.2) is 41.9 Å². The van der Waals surface area contributed by atoms with E-state index < -0.39 is 4.92 Å². The lowest BCUT2D eigenvalue weighted by atomic mass is 10.2. The van der Waals surface area contributed by atoms with Crippen molar-refractivity contribution in [3.8, 4) is 0 Å². The predicted molar refractivity (Wildman–Crippen MR) is 107 cm³/mol. The molecule has 0 spiro atoms. The molecule has 1 amide bonds. The standard InChI is InChI=1S/C19H17Cl2N3O3/c20-15-3-1-14(18(21)13-15)2-8-19(25)23-11-9-22(10-12-23)16-4-6-17(7-5-16)24(26)27/h1-8,13H,9-12H2/b8-2-. The number of halogens is 2. The fraction of sp³-hybridized carbons (Fsp3) is 0.211. The summed E-state index contributed by atoms with van der Waals surface area (Å²) in [6.45, 7) is 2.49. The van der Waals surface area contributed by atoms with Crippen LogP contribution < -0.4 is 4.90 Å². The minimum atomic E-state index is -0.417. The normalized spacial score (nSPS) is 14.6. The summed E-state index contributed by atoms with van der Waals surface area (Å²) in [7, 11) is 0. The van der Waals surface area contributed by atoms with Crippen LogP contribution in [0.4, 0.5) is 11.4 Å². The lowest BCUT2D eigenvalue weighted by Crippen LogP contribution is -2.48. The van der Waals surface area contributed by atoms with Crippen molar-refractivity contribution in [2.45, 2.75) is 0 Å². The first-order valence-electron chi connectivity index (χ1n) is 8.35. The molecular weight excluding hydrogens is 389 g/mol. The van der Waals surface area contributed by atoms with E-state index in [2.05, 4.69) is 4.90 Å². The summed E-state index contributed by atoms with van der Waals surface area (Å²) < 4.78 is 0. The second-order valence-corrected chi connectivity index (χ2v) is 6.93. The van der Waals surface area contributed by atoms with Gasteiger partial charge in [0.25, 0.3) is 5.69 Å². The molecular formula is C19H17Cl2N3O3. The highest BCUT2D eigenvalue weighted by Gasteiger charge is 2.20. The zero-order valence-corrected chi connectivity index (χ0v) is 15.9. The number of anilines is 1. The van der Waals surface area contributed by atoms with Crippen LogP contribution in [0.1, 0.15) is 5.56 Å². The smallest absolute Gasteiger partial charge is 0.269 e. The molecule has 8 heteroatoms. The van der Waals surface area contributed by atoms with E-state index in [4.69, 9.17) is 23.2 Å². The van der Waals surface area contributed by atoms with Gasteiger partial charge >= 0.3 is 0 Å². The fourth-order valence-electron chi connectivity index (χ4n) is 2.87. The Labute approximate surface area is 166 Å². The van der Waals surface area contributed by atoms with Gasteiger partial charge in [0.2, 0.25) is 5.91 Å². The number of carbonyl (C=O) groups excluding carboxylic acids is 1. The molecule has 0 bridgehead atoms. The van der Waals surface area contributed by atoms with Gasteiger partial charge in [-0.15, -0.1) is 0 Å². The summed E-state index contributed by atoms with van der Waals surface area (Å²) in [4.78, 5) is 26.6. The Kier molecular flexibility index (Phi) is 5.98. The van der Waals surface area contributed by atoms with Gasteiger partial charge in [-0.2, -0.15) is 0 Å². The summed E-state index contributed by atoms with van der Waals surface area (Å²) in [6, 6.07) is 11.6. The van der Waals surface area contributed by atoms with Gasteiger partial charge in [0, 0.05) is 60.1 Å². The number of nitro groups is 1. The maximum Gasteiger partial charge on any atom is 0.269 e.